The highest BCUT2D eigenvalue weighted by Crippen LogP contribution is 2.34. The lowest BCUT2D eigenvalue weighted by atomic mass is 10.1. The summed E-state index contributed by atoms with van der Waals surface area (Å²) in [5.74, 6) is 2.01. The van der Waals surface area contributed by atoms with Crippen LogP contribution in [0.3, 0.4) is 0 Å². The average molecular weight is 337 g/mol. The number of nitrogen functional groups attached to an aromatic ring is 1. The molecule has 0 spiro atoms. The van der Waals surface area contributed by atoms with Crippen molar-refractivity contribution in [3.8, 4) is 11.3 Å². The monoisotopic (exact) mass is 336 g/mol. The Bertz CT molecular complexity index is 623. The second-order valence-electron chi connectivity index (χ2n) is 6.26. The molecule has 108 valence electrons. The predicted molar refractivity (Wildman–Crippen MR) is 86.7 cm³/mol. The van der Waals surface area contributed by atoms with Gasteiger partial charge in [0, 0.05) is 33.9 Å². The van der Waals surface area contributed by atoms with Crippen LogP contribution in [0.5, 0.6) is 0 Å². The fourth-order valence-corrected chi connectivity index (χ4v) is 2.66. The molecule has 0 aliphatic rings. The van der Waals surface area contributed by atoms with Gasteiger partial charge in [-0.25, -0.2) is 4.98 Å². The summed E-state index contributed by atoms with van der Waals surface area (Å²) in [6.07, 6.45) is 3.55. The van der Waals surface area contributed by atoms with Gasteiger partial charge in [-0.2, -0.15) is 0 Å². The Morgan fingerprint density at radius 2 is 1.90 bits per heavy atom. The molecule has 0 unspecified atom stereocenters. The van der Waals surface area contributed by atoms with Crippen molar-refractivity contribution in [3.05, 3.63) is 28.8 Å². The molecule has 0 radical (unpaired) electrons. The van der Waals surface area contributed by atoms with Crippen LogP contribution in [0, 0.1) is 0 Å². The lowest BCUT2D eigenvalue weighted by Gasteiger charge is -2.26. The first-order valence-electron chi connectivity index (χ1n) is 6.71. The summed E-state index contributed by atoms with van der Waals surface area (Å²) in [6.45, 7) is 10.7. The van der Waals surface area contributed by atoms with Crippen LogP contribution in [0.1, 0.15) is 46.4 Å². The lowest BCUT2D eigenvalue weighted by molar-refractivity contribution is 0.382. The maximum Gasteiger partial charge on any atom is 0.132 e. The molecule has 0 amide bonds. The first-order chi connectivity index (χ1) is 9.21. The summed E-state index contributed by atoms with van der Waals surface area (Å²) in [6, 6.07) is 1.99. The average Bonchev–Trinajstić information content (AvgIpc) is 2.66. The summed E-state index contributed by atoms with van der Waals surface area (Å²) < 4.78 is 3.04. The van der Waals surface area contributed by atoms with E-state index in [-0.39, 0.29) is 5.54 Å². The van der Waals surface area contributed by atoms with Crippen LogP contribution in [-0.4, -0.2) is 14.5 Å². The van der Waals surface area contributed by atoms with Crippen molar-refractivity contribution in [3.63, 3.8) is 0 Å². The molecule has 0 aromatic carbocycles. The van der Waals surface area contributed by atoms with Crippen LogP contribution in [-0.2, 0) is 5.54 Å². The standard InChI is InChI=1S/C15H21BrN4/c1-9(2)14-19-12(10-6-11(16)8-18-7-10)13(17)20(14)15(3,4)5/h6-9H,17H2,1-5H3. The van der Waals surface area contributed by atoms with Crippen LogP contribution in [0.2, 0.25) is 0 Å². The van der Waals surface area contributed by atoms with Crippen molar-refractivity contribution in [2.45, 2.75) is 46.1 Å². The van der Waals surface area contributed by atoms with Gasteiger partial charge in [0.05, 0.1) is 0 Å². The Morgan fingerprint density at radius 1 is 1.25 bits per heavy atom. The van der Waals surface area contributed by atoms with E-state index in [4.69, 9.17) is 10.7 Å². The fourth-order valence-electron chi connectivity index (χ4n) is 2.30. The molecule has 0 fully saturated rings. The molecule has 0 aliphatic heterocycles. The topological polar surface area (TPSA) is 56.7 Å². The zero-order valence-corrected chi connectivity index (χ0v) is 14.2. The third-order valence-electron chi connectivity index (χ3n) is 3.10. The molecule has 2 heterocycles. The molecular weight excluding hydrogens is 316 g/mol. The molecule has 0 saturated heterocycles. The highest BCUT2D eigenvalue weighted by molar-refractivity contribution is 9.10. The van der Waals surface area contributed by atoms with E-state index >= 15 is 0 Å². The van der Waals surface area contributed by atoms with Gasteiger partial charge in [0.2, 0.25) is 0 Å². The predicted octanol–water partition coefficient (Wildman–Crippen LogP) is 4.17. The first-order valence-corrected chi connectivity index (χ1v) is 7.50. The molecule has 2 rings (SSSR count). The Balaban J connectivity index is 2.68. The van der Waals surface area contributed by atoms with E-state index in [1.807, 2.05) is 6.07 Å². The third kappa shape index (κ3) is 2.73. The summed E-state index contributed by atoms with van der Waals surface area (Å²) >= 11 is 3.44. The second kappa shape index (κ2) is 5.20. The van der Waals surface area contributed by atoms with Gasteiger partial charge in [0.25, 0.3) is 0 Å². The summed E-state index contributed by atoms with van der Waals surface area (Å²) in [5, 5.41) is 0. The normalized spacial score (nSPS) is 12.2. The quantitative estimate of drug-likeness (QED) is 0.895. The highest BCUT2D eigenvalue weighted by Gasteiger charge is 2.26. The van der Waals surface area contributed by atoms with Crippen molar-refractivity contribution in [2.24, 2.45) is 0 Å². The highest BCUT2D eigenvalue weighted by atomic mass is 79.9. The summed E-state index contributed by atoms with van der Waals surface area (Å²) in [5.41, 5.74) is 8.00. The van der Waals surface area contributed by atoms with Crippen molar-refractivity contribution in [1.82, 2.24) is 14.5 Å². The zero-order chi connectivity index (χ0) is 15.1. The number of nitrogens with zero attached hydrogens (tertiary/aromatic N) is 3. The van der Waals surface area contributed by atoms with E-state index in [1.54, 1.807) is 12.4 Å². The minimum absolute atomic E-state index is 0.103. The maximum absolute atomic E-state index is 6.37. The number of pyridine rings is 1. The molecule has 2 aromatic rings. The van der Waals surface area contributed by atoms with E-state index < -0.39 is 0 Å². The maximum atomic E-state index is 6.37. The molecule has 2 N–H and O–H groups in total. The van der Waals surface area contributed by atoms with Crippen LogP contribution >= 0.6 is 15.9 Å². The van der Waals surface area contributed by atoms with E-state index in [0.717, 1.165) is 21.6 Å². The van der Waals surface area contributed by atoms with E-state index in [2.05, 4.69) is 60.1 Å². The fraction of sp³-hybridized carbons (Fsp3) is 0.467. The van der Waals surface area contributed by atoms with E-state index in [9.17, 15) is 0 Å². The molecule has 5 heteroatoms. The zero-order valence-electron chi connectivity index (χ0n) is 12.6. The van der Waals surface area contributed by atoms with Gasteiger partial charge in [0.15, 0.2) is 0 Å². The van der Waals surface area contributed by atoms with Crippen LogP contribution in [0.15, 0.2) is 22.9 Å². The number of hydrogen-bond acceptors (Lipinski definition) is 3. The largest absolute Gasteiger partial charge is 0.383 e. The Labute approximate surface area is 128 Å². The van der Waals surface area contributed by atoms with Gasteiger partial charge in [-0.05, 0) is 42.8 Å². The Hall–Kier alpha value is -1.36. The summed E-state index contributed by atoms with van der Waals surface area (Å²) in [7, 11) is 0. The Kier molecular flexibility index (Phi) is 3.91. The number of anilines is 1. The van der Waals surface area contributed by atoms with Crippen LogP contribution in [0.25, 0.3) is 11.3 Å². The van der Waals surface area contributed by atoms with Gasteiger partial charge in [0.1, 0.15) is 17.3 Å². The second-order valence-corrected chi connectivity index (χ2v) is 7.17. The van der Waals surface area contributed by atoms with Crippen molar-refractivity contribution in [2.75, 3.05) is 5.73 Å². The molecule has 4 nitrogen and oxygen atoms in total. The SMILES string of the molecule is CC(C)c1nc(-c2cncc(Br)c2)c(N)n1C(C)(C)C. The van der Waals surface area contributed by atoms with Gasteiger partial charge in [-0.15, -0.1) is 0 Å². The van der Waals surface area contributed by atoms with Gasteiger partial charge < -0.3 is 10.3 Å². The Morgan fingerprint density at radius 3 is 2.35 bits per heavy atom. The van der Waals surface area contributed by atoms with Gasteiger partial charge in [-0.1, -0.05) is 13.8 Å². The minimum Gasteiger partial charge on any atom is -0.383 e. The molecule has 20 heavy (non-hydrogen) atoms. The first kappa shape index (κ1) is 15.0. The van der Waals surface area contributed by atoms with Crippen LogP contribution < -0.4 is 5.73 Å². The number of rotatable bonds is 2. The molecule has 0 atom stereocenters. The third-order valence-corrected chi connectivity index (χ3v) is 3.54. The van der Waals surface area contributed by atoms with E-state index in [0.29, 0.717) is 11.7 Å². The molecular formula is C15H21BrN4. The molecule has 0 saturated carbocycles. The number of nitrogens with two attached hydrogens (primary N) is 1. The smallest absolute Gasteiger partial charge is 0.132 e. The number of imidazole rings is 1. The summed E-state index contributed by atoms with van der Waals surface area (Å²) in [4.78, 5) is 8.96. The minimum atomic E-state index is -0.103. The number of halogens is 1. The lowest BCUT2D eigenvalue weighted by Crippen LogP contribution is -2.26. The van der Waals surface area contributed by atoms with E-state index in [1.165, 1.54) is 0 Å². The number of hydrogen-bond donors (Lipinski definition) is 1. The van der Waals surface area contributed by atoms with Crippen molar-refractivity contribution in [1.29, 1.82) is 0 Å². The van der Waals surface area contributed by atoms with Crippen molar-refractivity contribution < 1.29 is 0 Å². The molecule has 2 aromatic heterocycles. The van der Waals surface area contributed by atoms with Crippen molar-refractivity contribution >= 4 is 21.7 Å². The number of aromatic nitrogens is 3. The van der Waals surface area contributed by atoms with Gasteiger partial charge >= 0.3 is 0 Å². The van der Waals surface area contributed by atoms with Crippen LogP contribution in [0.4, 0.5) is 5.82 Å². The van der Waals surface area contributed by atoms with Gasteiger partial charge in [-0.3, -0.25) is 4.98 Å². The molecule has 0 aliphatic carbocycles. The molecule has 0 bridgehead atoms.